The molecule has 5 nitrogen and oxygen atoms in total. The van der Waals surface area contributed by atoms with Gasteiger partial charge in [0, 0.05) is 30.8 Å². The zero-order chi connectivity index (χ0) is 23.9. The quantitative estimate of drug-likeness (QED) is 0.330. The molecule has 1 aromatic rings. The van der Waals surface area contributed by atoms with Crippen molar-refractivity contribution >= 4 is 5.91 Å². The summed E-state index contributed by atoms with van der Waals surface area (Å²) in [5.74, 6) is 0.333. The number of allylic oxidation sites excluding steroid dienone is 2. The minimum atomic E-state index is -4.59. The zero-order valence-electron chi connectivity index (χ0n) is 19.4. The first-order chi connectivity index (χ1) is 15.1. The molecule has 2 rings (SSSR count). The maximum absolute atomic E-state index is 12.8. The van der Waals surface area contributed by atoms with Gasteiger partial charge in [0.1, 0.15) is 5.75 Å². The second-order valence-electron chi connectivity index (χ2n) is 8.09. The molecule has 1 fully saturated rings. The molecule has 0 radical (unpaired) electrons. The number of benzene rings is 1. The van der Waals surface area contributed by atoms with Crippen molar-refractivity contribution in [1.29, 1.82) is 0 Å². The van der Waals surface area contributed by atoms with E-state index >= 15 is 0 Å². The normalized spacial score (nSPS) is 18.1. The minimum absolute atomic E-state index is 0.00150. The fourth-order valence-electron chi connectivity index (χ4n) is 3.97. The number of ether oxygens (including phenoxy) is 2. The van der Waals surface area contributed by atoms with Gasteiger partial charge in [-0.05, 0) is 75.4 Å². The van der Waals surface area contributed by atoms with Gasteiger partial charge in [0.25, 0.3) is 5.91 Å². The summed E-state index contributed by atoms with van der Waals surface area (Å²) in [7, 11) is 3.00. The highest BCUT2D eigenvalue weighted by Crippen LogP contribution is 2.28. The summed E-state index contributed by atoms with van der Waals surface area (Å²) >= 11 is 0. The monoisotopic (exact) mass is 454 g/mol. The first kappa shape index (κ1) is 25.8. The Morgan fingerprint density at radius 3 is 2.59 bits per heavy atom. The van der Waals surface area contributed by atoms with Crippen LogP contribution in [0, 0.1) is 13.8 Å². The van der Waals surface area contributed by atoms with Gasteiger partial charge < -0.3 is 14.8 Å². The van der Waals surface area contributed by atoms with Crippen LogP contribution in [0.4, 0.5) is 13.2 Å². The van der Waals surface area contributed by atoms with Crippen LogP contribution in [0.25, 0.3) is 0 Å². The van der Waals surface area contributed by atoms with Crippen molar-refractivity contribution in [2.45, 2.75) is 58.8 Å². The molecular weight excluding hydrogens is 421 g/mol. The van der Waals surface area contributed by atoms with Crippen LogP contribution in [0.3, 0.4) is 0 Å². The molecule has 1 aromatic carbocycles. The number of nitrogens with zero attached hydrogens (tertiary/aromatic N) is 1. The highest BCUT2D eigenvalue weighted by Gasteiger charge is 2.27. The van der Waals surface area contributed by atoms with E-state index in [0.29, 0.717) is 13.0 Å². The lowest BCUT2D eigenvalue weighted by molar-refractivity contribution is -0.118. The summed E-state index contributed by atoms with van der Waals surface area (Å²) in [5, 5.41) is 2.63. The third kappa shape index (κ3) is 7.29. The highest BCUT2D eigenvalue weighted by molar-refractivity contribution is 5.96. The van der Waals surface area contributed by atoms with Gasteiger partial charge in [0.2, 0.25) is 0 Å². The maximum atomic E-state index is 12.8. The van der Waals surface area contributed by atoms with E-state index in [1.54, 1.807) is 7.11 Å². The number of methoxy groups -OCH3 is 2. The van der Waals surface area contributed by atoms with E-state index in [0.717, 1.165) is 43.3 Å². The average molecular weight is 455 g/mol. The van der Waals surface area contributed by atoms with Crippen LogP contribution in [0.1, 0.15) is 42.9 Å². The molecule has 8 heteroatoms. The van der Waals surface area contributed by atoms with Gasteiger partial charge >= 0.3 is 6.18 Å². The summed E-state index contributed by atoms with van der Waals surface area (Å²) in [6.45, 7) is 7.68. The van der Waals surface area contributed by atoms with Crippen molar-refractivity contribution in [3.8, 4) is 5.75 Å². The lowest BCUT2D eigenvalue weighted by Crippen LogP contribution is -2.34. The summed E-state index contributed by atoms with van der Waals surface area (Å²) < 4.78 is 48.7. The van der Waals surface area contributed by atoms with Gasteiger partial charge in [-0.3, -0.25) is 9.69 Å². The Labute approximate surface area is 188 Å². The van der Waals surface area contributed by atoms with E-state index in [4.69, 9.17) is 9.47 Å². The third-order valence-corrected chi connectivity index (χ3v) is 5.97. The standard InChI is InChI=1S/C24H33F3N2O3/c1-16(31-4)13-20(14-24(25,26)27)23(30)28-11-10-21-7-6-12-29(21)15-19-8-9-22(32-5)18(3)17(19)2/h8-9,13-14,21H,6-7,10-12,15H2,1-5H3,(H,28,30)/b16-13-,20-14-. The summed E-state index contributed by atoms with van der Waals surface area (Å²) in [5.41, 5.74) is 3.08. The molecule has 1 saturated heterocycles. The Morgan fingerprint density at radius 1 is 1.25 bits per heavy atom. The number of carbonyl (C=O) groups is 1. The number of nitrogens with one attached hydrogen (secondary N) is 1. The van der Waals surface area contributed by atoms with Crippen LogP contribution in [0.2, 0.25) is 0 Å². The lowest BCUT2D eigenvalue weighted by Gasteiger charge is -2.26. The molecule has 0 saturated carbocycles. The highest BCUT2D eigenvalue weighted by atomic mass is 19.4. The topological polar surface area (TPSA) is 50.8 Å². The van der Waals surface area contributed by atoms with Gasteiger partial charge in [0.05, 0.1) is 20.0 Å². The summed E-state index contributed by atoms with van der Waals surface area (Å²) in [6, 6.07) is 4.33. The predicted molar refractivity (Wildman–Crippen MR) is 118 cm³/mol. The zero-order valence-corrected chi connectivity index (χ0v) is 19.4. The lowest BCUT2D eigenvalue weighted by atomic mass is 10.0. The largest absolute Gasteiger partial charge is 0.501 e. The van der Waals surface area contributed by atoms with Crippen molar-refractivity contribution in [1.82, 2.24) is 10.2 Å². The molecular formula is C24H33F3N2O3. The number of hydrogen-bond acceptors (Lipinski definition) is 4. The van der Waals surface area contributed by atoms with Crippen LogP contribution >= 0.6 is 0 Å². The van der Waals surface area contributed by atoms with Crippen molar-refractivity contribution in [2.24, 2.45) is 0 Å². The molecule has 1 aliphatic heterocycles. The van der Waals surface area contributed by atoms with Gasteiger partial charge in [-0.25, -0.2) is 0 Å². The number of halogens is 3. The Bertz CT molecular complexity index is 863. The average Bonchev–Trinajstić information content (AvgIpc) is 3.16. The van der Waals surface area contributed by atoms with Crippen LogP contribution in [-0.2, 0) is 16.1 Å². The molecule has 1 amide bonds. The molecule has 1 heterocycles. The van der Waals surface area contributed by atoms with Gasteiger partial charge in [-0.1, -0.05) is 6.07 Å². The van der Waals surface area contributed by atoms with E-state index in [9.17, 15) is 18.0 Å². The fraction of sp³-hybridized carbons (Fsp3) is 0.542. The first-order valence-corrected chi connectivity index (χ1v) is 10.7. The van der Waals surface area contributed by atoms with E-state index in [2.05, 4.69) is 23.2 Å². The SMILES string of the molecule is CO/C(C)=C\C(=C\C(F)(F)F)C(=O)NCCC1CCCN1Cc1ccc(OC)c(C)c1C. The molecule has 178 valence electrons. The molecule has 0 spiro atoms. The van der Waals surface area contributed by atoms with E-state index in [1.807, 2.05) is 13.0 Å². The second-order valence-corrected chi connectivity index (χ2v) is 8.09. The molecule has 0 bridgehead atoms. The van der Waals surface area contributed by atoms with Crippen LogP contribution in [0.15, 0.2) is 35.6 Å². The van der Waals surface area contributed by atoms with Crippen molar-refractivity contribution < 1.29 is 27.4 Å². The van der Waals surface area contributed by atoms with Crippen LogP contribution in [-0.4, -0.2) is 50.3 Å². The van der Waals surface area contributed by atoms with Gasteiger partial charge in [-0.15, -0.1) is 0 Å². The number of carbonyl (C=O) groups excluding carboxylic acids is 1. The van der Waals surface area contributed by atoms with E-state index in [-0.39, 0.29) is 17.9 Å². The minimum Gasteiger partial charge on any atom is -0.501 e. The number of hydrogen-bond donors (Lipinski definition) is 1. The van der Waals surface area contributed by atoms with E-state index < -0.39 is 17.7 Å². The predicted octanol–water partition coefficient (Wildman–Crippen LogP) is 4.82. The van der Waals surface area contributed by atoms with E-state index in [1.165, 1.54) is 25.2 Å². The molecule has 0 aromatic heterocycles. The van der Waals surface area contributed by atoms with Gasteiger partial charge in [0.15, 0.2) is 0 Å². The molecule has 1 atom stereocenters. The molecule has 1 aliphatic rings. The first-order valence-electron chi connectivity index (χ1n) is 10.7. The smallest absolute Gasteiger partial charge is 0.410 e. The Balaban J connectivity index is 1.99. The summed E-state index contributed by atoms with van der Waals surface area (Å²) in [6.07, 6.45) is -0.763. The fourth-order valence-corrected chi connectivity index (χ4v) is 3.97. The molecule has 32 heavy (non-hydrogen) atoms. The number of amides is 1. The summed E-state index contributed by atoms with van der Waals surface area (Å²) in [4.78, 5) is 14.7. The number of likely N-dealkylation sites (tertiary alicyclic amines) is 1. The van der Waals surface area contributed by atoms with Crippen molar-refractivity contribution in [3.05, 3.63) is 52.3 Å². The molecule has 1 N–H and O–H groups in total. The Morgan fingerprint density at radius 2 is 1.97 bits per heavy atom. The molecule has 1 unspecified atom stereocenters. The van der Waals surface area contributed by atoms with Crippen molar-refractivity contribution in [3.63, 3.8) is 0 Å². The van der Waals surface area contributed by atoms with Crippen molar-refractivity contribution in [2.75, 3.05) is 27.3 Å². The third-order valence-electron chi connectivity index (χ3n) is 5.97. The number of rotatable bonds is 9. The van der Waals surface area contributed by atoms with Crippen LogP contribution in [0.5, 0.6) is 5.75 Å². The second kappa shape index (κ2) is 11.4. The molecule has 0 aliphatic carbocycles. The number of alkyl halides is 3. The van der Waals surface area contributed by atoms with Crippen LogP contribution < -0.4 is 10.1 Å². The Hall–Kier alpha value is -2.48. The van der Waals surface area contributed by atoms with Gasteiger partial charge in [-0.2, -0.15) is 13.2 Å². The maximum Gasteiger partial charge on any atom is 0.410 e. The Kier molecular flexibility index (Phi) is 9.19.